The number of benzene rings is 2. The lowest BCUT2D eigenvalue weighted by atomic mass is 10.1. The Hall–Kier alpha value is -3.87. The summed E-state index contributed by atoms with van der Waals surface area (Å²) in [6.07, 6.45) is 5.45. The average molecular weight is 399 g/mol. The first-order chi connectivity index (χ1) is 14.6. The molecule has 30 heavy (non-hydrogen) atoms. The lowest BCUT2D eigenvalue weighted by Gasteiger charge is -2.10. The van der Waals surface area contributed by atoms with Crippen molar-refractivity contribution in [2.75, 3.05) is 5.32 Å². The Kier molecular flexibility index (Phi) is 4.35. The van der Waals surface area contributed by atoms with Gasteiger partial charge in [-0.3, -0.25) is 9.59 Å². The zero-order valence-corrected chi connectivity index (χ0v) is 16.5. The Bertz CT molecular complexity index is 1250. The van der Waals surface area contributed by atoms with Gasteiger partial charge in [-0.2, -0.15) is 5.10 Å². The number of hydrogen-bond donors (Lipinski definition) is 3. The van der Waals surface area contributed by atoms with Gasteiger partial charge in [0.05, 0.1) is 18.1 Å². The summed E-state index contributed by atoms with van der Waals surface area (Å²) in [5.41, 5.74) is 4.97. The molecule has 7 heteroatoms. The minimum Gasteiger partial charge on any atom is -0.349 e. The molecule has 2 heterocycles. The van der Waals surface area contributed by atoms with Gasteiger partial charge in [0, 0.05) is 17.3 Å². The highest BCUT2D eigenvalue weighted by molar-refractivity contribution is 6.09. The van der Waals surface area contributed by atoms with Crippen LogP contribution in [0.5, 0.6) is 0 Å². The fraction of sp³-hybridized carbons (Fsp3) is 0.174. The largest absolute Gasteiger partial charge is 0.349 e. The Morgan fingerprint density at radius 1 is 1.10 bits per heavy atom. The summed E-state index contributed by atoms with van der Waals surface area (Å²) < 4.78 is 1.66. The van der Waals surface area contributed by atoms with Crippen LogP contribution < -0.4 is 10.6 Å². The van der Waals surface area contributed by atoms with E-state index in [0.29, 0.717) is 22.5 Å². The van der Waals surface area contributed by atoms with Crippen LogP contribution in [-0.2, 0) is 0 Å². The number of imidazole rings is 1. The van der Waals surface area contributed by atoms with Crippen LogP contribution in [0.3, 0.4) is 0 Å². The van der Waals surface area contributed by atoms with Crippen LogP contribution in [0.1, 0.15) is 39.1 Å². The second-order valence-electron chi connectivity index (χ2n) is 7.62. The third kappa shape index (κ3) is 3.45. The van der Waals surface area contributed by atoms with Crippen molar-refractivity contribution in [3.05, 3.63) is 77.6 Å². The van der Waals surface area contributed by atoms with Crippen molar-refractivity contribution < 1.29 is 9.59 Å². The van der Waals surface area contributed by atoms with E-state index < -0.39 is 0 Å². The first-order valence-electron chi connectivity index (χ1n) is 9.93. The molecule has 5 rings (SSSR count). The van der Waals surface area contributed by atoms with E-state index in [-0.39, 0.29) is 17.9 Å². The fourth-order valence-electron chi connectivity index (χ4n) is 3.38. The highest BCUT2D eigenvalue weighted by atomic mass is 16.2. The second-order valence-corrected chi connectivity index (χ2v) is 7.62. The smallest absolute Gasteiger partial charge is 0.261 e. The standard InChI is InChI=1S/C23H21N5O2/c1-14-7-8-16(22(29)25-17-9-10-17)11-19(14)27-23(30)18-12-24-28-13-20(26-21(18)28)15-5-3-2-4-6-15/h2-8,11-13,17,26H,9-10H2,1H3,(H,25,29)(H,27,30). The van der Waals surface area contributed by atoms with Gasteiger partial charge in [0.15, 0.2) is 0 Å². The van der Waals surface area contributed by atoms with E-state index in [1.165, 1.54) is 6.20 Å². The number of carbonyl (C=O) groups is 2. The van der Waals surface area contributed by atoms with Gasteiger partial charge in [-0.05, 0) is 43.0 Å². The predicted molar refractivity (Wildman–Crippen MR) is 115 cm³/mol. The second kappa shape index (κ2) is 7.18. The Morgan fingerprint density at radius 3 is 2.67 bits per heavy atom. The molecule has 2 aromatic heterocycles. The average Bonchev–Trinajstić information content (AvgIpc) is 3.32. The maximum Gasteiger partial charge on any atom is 0.261 e. The zero-order chi connectivity index (χ0) is 20.7. The summed E-state index contributed by atoms with van der Waals surface area (Å²) in [5.74, 6) is -0.396. The quantitative estimate of drug-likeness (QED) is 0.477. The number of rotatable bonds is 5. The van der Waals surface area contributed by atoms with Crippen LogP contribution >= 0.6 is 0 Å². The number of amides is 2. The number of aryl methyl sites for hydroxylation is 1. The molecular formula is C23H21N5O2. The van der Waals surface area contributed by atoms with E-state index in [0.717, 1.165) is 29.7 Å². The number of H-pyrrole nitrogens is 1. The predicted octanol–water partition coefficient (Wildman–Crippen LogP) is 3.78. The van der Waals surface area contributed by atoms with Crippen LogP contribution in [0, 0.1) is 6.92 Å². The normalized spacial score (nSPS) is 13.4. The van der Waals surface area contributed by atoms with E-state index in [1.807, 2.05) is 49.5 Å². The Morgan fingerprint density at radius 2 is 1.90 bits per heavy atom. The van der Waals surface area contributed by atoms with Gasteiger partial charge < -0.3 is 15.6 Å². The molecule has 4 aromatic rings. The minimum absolute atomic E-state index is 0.113. The van der Waals surface area contributed by atoms with E-state index in [4.69, 9.17) is 0 Å². The molecular weight excluding hydrogens is 378 g/mol. The van der Waals surface area contributed by atoms with Gasteiger partial charge in [-0.15, -0.1) is 0 Å². The fourth-order valence-corrected chi connectivity index (χ4v) is 3.38. The third-order valence-electron chi connectivity index (χ3n) is 5.29. The van der Waals surface area contributed by atoms with Gasteiger partial charge in [0.25, 0.3) is 11.8 Å². The molecule has 2 aromatic carbocycles. The van der Waals surface area contributed by atoms with Gasteiger partial charge in [-0.25, -0.2) is 4.52 Å². The summed E-state index contributed by atoms with van der Waals surface area (Å²) in [6, 6.07) is 15.5. The van der Waals surface area contributed by atoms with Crippen molar-refractivity contribution in [1.29, 1.82) is 0 Å². The maximum atomic E-state index is 13.0. The molecule has 2 amide bonds. The summed E-state index contributed by atoms with van der Waals surface area (Å²) in [5, 5.41) is 10.2. The van der Waals surface area contributed by atoms with Gasteiger partial charge in [-0.1, -0.05) is 36.4 Å². The van der Waals surface area contributed by atoms with Crippen molar-refractivity contribution >= 4 is 23.1 Å². The molecule has 1 fully saturated rings. The van der Waals surface area contributed by atoms with Crippen molar-refractivity contribution in [3.63, 3.8) is 0 Å². The molecule has 150 valence electrons. The van der Waals surface area contributed by atoms with E-state index in [1.54, 1.807) is 16.6 Å². The summed E-state index contributed by atoms with van der Waals surface area (Å²) in [4.78, 5) is 28.6. The van der Waals surface area contributed by atoms with Crippen molar-refractivity contribution in [2.45, 2.75) is 25.8 Å². The number of carbonyl (C=O) groups excluding carboxylic acids is 2. The molecule has 1 aliphatic rings. The molecule has 1 saturated carbocycles. The van der Waals surface area contributed by atoms with Crippen molar-refractivity contribution in [1.82, 2.24) is 19.9 Å². The van der Waals surface area contributed by atoms with E-state index in [2.05, 4.69) is 20.7 Å². The number of aromatic amines is 1. The van der Waals surface area contributed by atoms with Crippen molar-refractivity contribution in [2.24, 2.45) is 0 Å². The van der Waals surface area contributed by atoms with E-state index >= 15 is 0 Å². The number of nitrogens with one attached hydrogen (secondary N) is 3. The number of anilines is 1. The first-order valence-corrected chi connectivity index (χ1v) is 9.93. The number of fused-ring (bicyclic) bond motifs is 1. The Labute approximate surface area is 173 Å². The molecule has 0 radical (unpaired) electrons. The summed E-state index contributed by atoms with van der Waals surface area (Å²) in [7, 11) is 0. The van der Waals surface area contributed by atoms with Crippen LogP contribution in [0.2, 0.25) is 0 Å². The van der Waals surface area contributed by atoms with Crippen LogP contribution in [-0.4, -0.2) is 32.5 Å². The van der Waals surface area contributed by atoms with E-state index in [9.17, 15) is 9.59 Å². The lowest BCUT2D eigenvalue weighted by Crippen LogP contribution is -2.25. The monoisotopic (exact) mass is 399 g/mol. The van der Waals surface area contributed by atoms with Gasteiger partial charge in [0.2, 0.25) is 0 Å². The summed E-state index contributed by atoms with van der Waals surface area (Å²) >= 11 is 0. The van der Waals surface area contributed by atoms with Gasteiger partial charge >= 0.3 is 0 Å². The van der Waals surface area contributed by atoms with Crippen LogP contribution in [0.4, 0.5) is 5.69 Å². The number of nitrogens with zero attached hydrogens (tertiary/aromatic N) is 2. The molecule has 0 saturated heterocycles. The van der Waals surface area contributed by atoms with Gasteiger partial charge in [0.1, 0.15) is 11.2 Å². The molecule has 1 aliphatic carbocycles. The van der Waals surface area contributed by atoms with Crippen LogP contribution in [0.15, 0.2) is 60.9 Å². The molecule has 0 aliphatic heterocycles. The summed E-state index contributed by atoms with van der Waals surface area (Å²) in [6.45, 7) is 1.90. The lowest BCUT2D eigenvalue weighted by molar-refractivity contribution is 0.0949. The van der Waals surface area contributed by atoms with Crippen LogP contribution in [0.25, 0.3) is 16.9 Å². The highest BCUT2D eigenvalue weighted by Crippen LogP contribution is 2.23. The first kappa shape index (κ1) is 18.2. The highest BCUT2D eigenvalue weighted by Gasteiger charge is 2.24. The topological polar surface area (TPSA) is 91.3 Å². The number of hydrogen-bond acceptors (Lipinski definition) is 3. The maximum absolute atomic E-state index is 13.0. The number of aromatic nitrogens is 3. The zero-order valence-electron chi connectivity index (χ0n) is 16.5. The molecule has 3 N–H and O–H groups in total. The third-order valence-corrected chi connectivity index (χ3v) is 5.29. The Balaban J connectivity index is 1.40. The SMILES string of the molecule is Cc1ccc(C(=O)NC2CC2)cc1NC(=O)c1cnn2cc(-c3ccccc3)[nH]c12. The molecule has 0 atom stereocenters. The molecule has 0 unspecified atom stereocenters. The molecule has 7 nitrogen and oxygen atoms in total. The molecule has 0 spiro atoms. The minimum atomic E-state index is -0.283. The molecule has 0 bridgehead atoms. The van der Waals surface area contributed by atoms with Crippen molar-refractivity contribution in [3.8, 4) is 11.3 Å².